The van der Waals surface area contributed by atoms with Crippen molar-refractivity contribution in [2.45, 2.75) is 31.2 Å². The molecule has 1 aromatic heterocycles. The average Bonchev–Trinajstić information content (AvgIpc) is 2.61. The van der Waals surface area contributed by atoms with E-state index < -0.39 is 11.8 Å². The van der Waals surface area contributed by atoms with Crippen LogP contribution in [0, 0.1) is 5.92 Å². The first kappa shape index (κ1) is 14.4. The topological polar surface area (TPSA) is 58.1 Å². The monoisotopic (exact) mass is 316 g/mol. The number of carbonyl (C=O) groups excluding carboxylic acids is 1. The molecule has 114 valence electrons. The number of hydrogen-bond donors (Lipinski definition) is 1. The summed E-state index contributed by atoms with van der Waals surface area (Å²) in [5.41, 5.74) is -0.389. The predicted octanol–water partition coefficient (Wildman–Crippen LogP) is 2.19. The molecular weight excluding hydrogens is 302 g/mol. The van der Waals surface area contributed by atoms with Crippen molar-refractivity contribution in [2.75, 3.05) is 18.4 Å². The summed E-state index contributed by atoms with van der Waals surface area (Å²) in [7, 11) is 0. The zero-order valence-corrected chi connectivity index (χ0v) is 12.2. The van der Waals surface area contributed by atoms with Crippen molar-refractivity contribution < 1.29 is 13.6 Å². The van der Waals surface area contributed by atoms with Gasteiger partial charge in [-0.2, -0.15) is 8.78 Å². The van der Waals surface area contributed by atoms with Crippen LogP contribution in [0.2, 0.25) is 5.15 Å². The Hall–Kier alpha value is -1.50. The lowest BCUT2D eigenvalue weighted by molar-refractivity contribution is -0.153. The summed E-state index contributed by atoms with van der Waals surface area (Å²) in [6.45, 7) is 1.25. The third-order valence-electron chi connectivity index (χ3n) is 4.28. The van der Waals surface area contributed by atoms with Crippen molar-refractivity contribution in [3.8, 4) is 0 Å². The molecule has 2 heterocycles. The summed E-state index contributed by atoms with van der Waals surface area (Å²) in [5.74, 6) is -3.79. The smallest absolute Gasteiger partial charge is 0.322 e. The molecule has 8 heteroatoms. The molecule has 21 heavy (non-hydrogen) atoms. The van der Waals surface area contributed by atoms with E-state index in [4.69, 9.17) is 11.6 Å². The molecule has 1 saturated carbocycles. The van der Waals surface area contributed by atoms with Crippen molar-refractivity contribution in [2.24, 2.45) is 5.92 Å². The summed E-state index contributed by atoms with van der Waals surface area (Å²) in [4.78, 5) is 21.0. The number of nitrogens with one attached hydrogen (secondary N) is 1. The Bertz CT molecular complexity index is 580. The maximum Gasteiger partial charge on any atom is 0.322 e. The van der Waals surface area contributed by atoms with Gasteiger partial charge in [0.15, 0.2) is 0 Å². The van der Waals surface area contributed by atoms with Crippen LogP contribution in [0.15, 0.2) is 12.4 Å². The highest BCUT2D eigenvalue weighted by atomic mass is 35.5. The van der Waals surface area contributed by atoms with Crippen molar-refractivity contribution in [3.63, 3.8) is 0 Å². The molecule has 1 aromatic rings. The molecule has 0 spiro atoms. The normalized spacial score (nSPS) is 28.0. The van der Waals surface area contributed by atoms with Gasteiger partial charge in [-0.1, -0.05) is 11.6 Å². The predicted molar refractivity (Wildman–Crippen MR) is 73.3 cm³/mol. The van der Waals surface area contributed by atoms with E-state index in [1.807, 2.05) is 0 Å². The summed E-state index contributed by atoms with van der Waals surface area (Å²) >= 11 is 5.79. The van der Waals surface area contributed by atoms with Gasteiger partial charge in [-0.05, 0) is 12.8 Å². The first-order chi connectivity index (χ1) is 9.80. The Morgan fingerprint density at radius 3 is 2.90 bits per heavy atom. The number of alkyl halides is 2. The number of halogens is 3. The molecule has 1 aliphatic carbocycles. The first-order valence-corrected chi connectivity index (χ1v) is 7.11. The lowest BCUT2D eigenvalue weighted by Crippen LogP contribution is -2.54. The van der Waals surface area contributed by atoms with Gasteiger partial charge >= 0.3 is 5.92 Å². The molecule has 2 fully saturated rings. The van der Waals surface area contributed by atoms with Gasteiger partial charge in [0.2, 0.25) is 0 Å². The molecule has 2 atom stereocenters. The number of hydrogen-bond acceptors (Lipinski definition) is 4. The minimum atomic E-state index is -3.33. The molecule has 0 radical (unpaired) electrons. The van der Waals surface area contributed by atoms with E-state index in [1.165, 1.54) is 17.3 Å². The van der Waals surface area contributed by atoms with Gasteiger partial charge in [0.25, 0.3) is 5.91 Å². The number of aromatic nitrogens is 2. The molecule has 1 saturated heterocycles. The second-order valence-corrected chi connectivity index (χ2v) is 6.21. The van der Waals surface area contributed by atoms with Crippen molar-refractivity contribution in [1.82, 2.24) is 14.9 Å². The largest absolute Gasteiger partial charge is 0.361 e. The van der Waals surface area contributed by atoms with Gasteiger partial charge in [0.05, 0.1) is 17.9 Å². The van der Waals surface area contributed by atoms with E-state index in [-0.39, 0.29) is 23.2 Å². The number of carbonyl (C=O) groups is 1. The minimum Gasteiger partial charge on any atom is -0.361 e. The van der Waals surface area contributed by atoms with Gasteiger partial charge in [0.1, 0.15) is 11.0 Å². The van der Waals surface area contributed by atoms with E-state index in [2.05, 4.69) is 15.3 Å². The molecule has 0 aromatic carbocycles. The number of amides is 1. The molecule has 2 aliphatic rings. The average molecular weight is 317 g/mol. The molecule has 1 aliphatic heterocycles. The summed E-state index contributed by atoms with van der Waals surface area (Å²) in [6, 6.07) is 0. The van der Waals surface area contributed by atoms with Crippen molar-refractivity contribution in [1.29, 1.82) is 0 Å². The van der Waals surface area contributed by atoms with Crippen LogP contribution in [0.25, 0.3) is 0 Å². The van der Waals surface area contributed by atoms with Gasteiger partial charge in [0, 0.05) is 25.9 Å². The highest BCUT2D eigenvalue weighted by Gasteiger charge is 2.56. The van der Waals surface area contributed by atoms with E-state index in [1.54, 1.807) is 0 Å². The zero-order chi connectivity index (χ0) is 15.3. The third-order valence-corrected chi connectivity index (χ3v) is 4.46. The fourth-order valence-electron chi connectivity index (χ4n) is 3.14. The molecule has 3 rings (SSSR count). The number of likely N-dealkylation sites (tertiary alicyclic amines) is 1. The Labute approximate surface area is 125 Å². The fraction of sp³-hybridized carbons (Fsp3) is 0.615. The van der Waals surface area contributed by atoms with E-state index in [0.29, 0.717) is 19.3 Å². The summed E-state index contributed by atoms with van der Waals surface area (Å²) < 4.78 is 26.4. The number of nitrogens with zero attached hydrogens (tertiary/aromatic N) is 3. The third kappa shape index (κ3) is 2.54. The fourth-order valence-corrected chi connectivity index (χ4v) is 3.28. The highest BCUT2D eigenvalue weighted by Crippen LogP contribution is 2.47. The second-order valence-electron chi connectivity index (χ2n) is 5.82. The Morgan fingerprint density at radius 1 is 1.57 bits per heavy atom. The van der Waals surface area contributed by atoms with Crippen LogP contribution in [0.3, 0.4) is 0 Å². The minimum absolute atomic E-state index is 0.157. The number of anilines is 1. The highest BCUT2D eigenvalue weighted by molar-refractivity contribution is 6.29. The standard InChI is InChI=1S/C13H15ClF2N4O/c1-12(15,16)11(21)20-6-8-2-3-13(8,7-20)19-10-5-17-4-9(14)18-10/h4-5,8H,2-3,6-7H2,1H3,(H,18,19). The SMILES string of the molecule is CC(F)(F)C(=O)N1CC2CCC2(Nc2cncc(Cl)n2)C1. The lowest BCUT2D eigenvalue weighted by atomic mass is 9.69. The van der Waals surface area contributed by atoms with Crippen LogP contribution < -0.4 is 5.32 Å². The molecule has 5 nitrogen and oxygen atoms in total. The van der Waals surface area contributed by atoms with Gasteiger partial charge in [-0.15, -0.1) is 0 Å². The van der Waals surface area contributed by atoms with Crippen molar-refractivity contribution >= 4 is 23.3 Å². The zero-order valence-electron chi connectivity index (χ0n) is 11.4. The number of rotatable bonds is 3. The van der Waals surface area contributed by atoms with Gasteiger partial charge in [-0.3, -0.25) is 9.78 Å². The van der Waals surface area contributed by atoms with E-state index >= 15 is 0 Å². The number of fused-ring (bicyclic) bond motifs is 1. The summed E-state index contributed by atoms with van der Waals surface area (Å²) in [6.07, 6.45) is 4.67. The van der Waals surface area contributed by atoms with Crippen LogP contribution in [0.4, 0.5) is 14.6 Å². The van der Waals surface area contributed by atoms with Gasteiger partial charge < -0.3 is 10.2 Å². The second kappa shape index (κ2) is 4.76. The van der Waals surface area contributed by atoms with Crippen LogP contribution in [-0.2, 0) is 4.79 Å². The van der Waals surface area contributed by atoms with Crippen molar-refractivity contribution in [3.05, 3.63) is 17.5 Å². The quantitative estimate of drug-likeness (QED) is 0.928. The van der Waals surface area contributed by atoms with Crippen LogP contribution >= 0.6 is 11.6 Å². The maximum atomic E-state index is 13.2. The van der Waals surface area contributed by atoms with E-state index in [0.717, 1.165) is 12.8 Å². The first-order valence-electron chi connectivity index (χ1n) is 6.73. The Balaban J connectivity index is 1.76. The maximum absolute atomic E-state index is 13.2. The molecular formula is C13H15ClF2N4O. The Kier molecular flexibility index (Phi) is 3.27. The molecule has 1 amide bonds. The lowest BCUT2D eigenvalue weighted by Gasteiger charge is -2.44. The molecule has 1 N–H and O–H groups in total. The van der Waals surface area contributed by atoms with E-state index in [9.17, 15) is 13.6 Å². The molecule has 0 bridgehead atoms. The summed E-state index contributed by atoms with van der Waals surface area (Å²) in [5, 5.41) is 3.50. The molecule has 2 unspecified atom stereocenters. The van der Waals surface area contributed by atoms with Crippen LogP contribution in [0.5, 0.6) is 0 Å². The van der Waals surface area contributed by atoms with Crippen LogP contribution in [0.1, 0.15) is 19.8 Å². The van der Waals surface area contributed by atoms with Crippen LogP contribution in [-0.4, -0.2) is 45.3 Å². The Morgan fingerprint density at radius 2 is 2.33 bits per heavy atom. The van der Waals surface area contributed by atoms with Gasteiger partial charge in [-0.25, -0.2) is 4.98 Å².